The van der Waals surface area contributed by atoms with E-state index in [-0.39, 0.29) is 5.56 Å². The Balaban J connectivity index is 2.20. The molecule has 0 fully saturated rings. The predicted octanol–water partition coefficient (Wildman–Crippen LogP) is 3.53. The minimum Gasteiger partial charge on any atom is -0.478 e. The SMILES string of the molecule is CCCCc1cc(OC(=O)c2ccc(N)cc2)ccc1C(=O)O. The first-order chi connectivity index (χ1) is 11.0. The number of esters is 1. The van der Waals surface area contributed by atoms with Crippen molar-refractivity contribution in [3.63, 3.8) is 0 Å². The Morgan fingerprint density at radius 2 is 1.83 bits per heavy atom. The lowest BCUT2D eigenvalue weighted by Crippen LogP contribution is -2.10. The normalized spacial score (nSPS) is 10.3. The number of rotatable bonds is 6. The van der Waals surface area contributed by atoms with Crippen molar-refractivity contribution >= 4 is 17.6 Å². The average molecular weight is 313 g/mol. The Kier molecular flexibility index (Phi) is 5.36. The highest BCUT2D eigenvalue weighted by molar-refractivity contribution is 5.92. The van der Waals surface area contributed by atoms with Crippen molar-refractivity contribution < 1.29 is 19.4 Å². The number of carbonyl (C=O) groups excluding carboxylic acids is 1. The minimum absolute atomic E-state index is 0.241. The van der Waals surface area contributed by atoms with Gasteiger partial charge in [0.15, 0.2) is 0 Å². The van der Waals surface area contributed by atoms with Crippen LogP contribution in [0.4, 0.5) is 5.69 Å². The lowest BCUT2D eigenvalue weighted by Gasteiger charge is -2.09. The van der Waals surface area contributed by atoms with Crippen LogP contribution in [0.3, 0.4) is 0 Å². The summed E-state index contributed by atoms with van der Waals surface area (Å²) in [5.74, 6) is -1.15. The van der Waals surface area contributed by atoms with E-state index in [1.54, 1.807) is 30.3 Å². The van der Waals surface area contributed by atoms with Gasteiger partial charge in [0.2, 0.25) is 0 Å². The van der Waals surface area contributed by atoms with Crippen LogP contribution in [0.5, 0.6) is 5.75 Å². The molecule has 0 bridgehead atoms. The van der Waals surface area contributed by atoms with Crippen LogP contribution in [0.15, 0.2) is 42.5 Å². The number of benzene rings is 2. The molecule has 0 aliphatic heterocycles. The van der Waals surface area contributed by atoms with E-state index in [1.165, 1.54) is 12.1 Å². The summed E-state index contributed by atoms with van der Waals surface area (Å²) in [5, 5.41) is 9.22. The van der Waals surface area contributed by atoms with Crippen molar-refractivity contribution in [1.29, 1.82) is 0 Å². The average Bonchev–Trinajstić information content (AvgIpc) is 2.53. The Labute approximate surface area is 134 Å². The van der Waals surface area contributed by atoms with Crippen LogP contribution in [0.1, 0.15) is 46.0 Å². The molecule has 23 heavy (non-hydrogen) atoms. The summed E-state index contributed by atoms with van der Waals surface area (Å²) in [6.45, 7) is 2.03. The number of aryl methyl sites for hydroxylation is 1. The van der Waals surface area contributed by atoms with E-state index in [9.17, 15) is 14.7 Å². The van der Waals surface area contributed by atoms with Crippen LogP contribution in [-0.2, 0) is 6.42 Å². The first kappa shape index (κ1) is 16.5. The molecule has 0 radical (unpaired) electrons. The van der Waals surface area contributed by atoms with Gasteiger partial charge in [-0.15, -0.1) is 0 Å². The number of ether oxygens (including phenoxy) is 1. The lowest BCUT2D eigenvalue weighted by atomic mass is 10.0. The summed E-state index contributed by atoms with van der Waals surface area (Å²) in [6.07, 6.45) is 2.45. The molecule has 2 aromatic rings. The zero-order valence-electron chi connectivity index (χ0n) is 12.9. The van der Waals surface area contributed by atoms with Gasteiger partial charge in [-0.25, -0.2) is 9.59 Å². The maximum Gasteiger partial charge on any atom is 0.343 e. The van der Waals surface area contributed by atoms with Crippen LogP contribution in [-0.4, -0.2) is 17.0 Å². The number of carbonyl (C=O) groups is 2. The molecule has 0 heterocycles. The van der Waals surface area contributed by atoms with Gasteiger partial charge in [0.05, 0.1) is 11.1 Å². The van der Waals surface area contributed by atoms with Crippen molar-refractivity contribution in [3.05, 3.63) is 59.2 Å². The summed E-state index contributed by atoms with van der Waals surface area (Å²) in [4.78, 5) is 23.3. The smallest absolute Gasteiger partial charge is 0.343 e. The molecule has 0 aliphatic carbocycles. The molecule has 0 aromatic heterocycles. The number of nitrogen functional groups attached to an aromatic ring is 1. The zero-order chi connectivity index (χ0) is 16.8. The molecule has 5 nitrogen and oxygen atoms in total. The van der Waals surface area contributed by atoms with E-state index in [2.05, 4.69) is 0 Å². The van der Waals surface area contributed by atoms with Crippen LogP contribution >= 0.6 is 0 Å². The Morgan fingerprint density at radius 3 is 2.43 bits per heavy atom. The second-order valence-electron chi connectivity index (χ2n) is 5.24. The van der Waals surface area contributed by atoms with Gasteiger partial charge in [-0.3, -0.25) is 0 Å². The molecule has 3 N–H and O–H groups in total. The van der Waals surface area contributed by atoms with E-state index in [1.807, 2.05) is 6.92 Å². The molecule has 0 unspecified atom stereocenters. The molecule has 120 valence electrons. The molecule has 0 saturated carbocycles. The van der Waals surface area contributed by atoms with Gasteiger partial charge in [-0.05, 0) is 60.9 Å². The van der Waals surface area contributed by atoms with Gasteiger partial charge in [0.25, 0.3) is 0 Å². The minimum atomic E-state index is -0.979. The van der Waals surface area contributed by atoms with E-state index < -0.39 is 11.9 Å². The van der Waals surface area contributed by atoms with Gasteiger partial charge >= 0.3 is 11.9 Å². The van der Waals surface area contributed by atoms with E-state index >= 15 is 0 Å². The highest BCUT2D eigenvalue weighted by atomic mass is 16.5. The van der Waals surface area contributed by atoms with Crippen LogP contribution in [0.2, 0.25) is 0 Å². The first-order valence-electron chi connectivity index (χ1n) is 7.45. The maximum absolute atomic E-state index is 12.1. The third kappa shape index (κ3) is 4.32. The number of anilines is 1. The van der Waals surface area contributed by atoms with Crippen LogP contribution in [0, 0.1) is 0 Å². The van der Waals surface area contributed by atoms with Gasteiger partial charge < -0.3 is 15.6 Å². The van der Waals surface area contributed by atoms with Crippen molar-refractivity contribution in [2.45, 2.75) is 26.2 Å². The molecule has 2 aromatic carbocycles. The molecule has 0 atom stereocenters. The van der Waals surface area contributed by atoms with E-state index in [0.717, 1.165) is 12.8 Å². The second kappa shape index (κ2) is 7.45. The van der Waals surface area contributed by atoms with Crippen molar-refractivity contribution in [2.24, 2.45) is 0 Å². The number of carboxylic acid groups (broad SMARTS) is 1. The highest BCUT2D eigenvalue weighted by Gasteiger charge is 2.13. The molecule has 2 rings (SSSR count). The fraction of sp³-hybridized carbons (Fsp3) is 0.222. The van der Waals surface area contributed by atoms with Crippen molar-refractivity contribution in [1.82, 2.24) is 0 Å². The number of unbranched alkanes of at least 4 members (excludes halogenated alkanes) is 1. The van der Waals surface area contributed by atoms with E-state index in [0.29, 0.717) is 29.0 Å². The van der Waals surface area contributed by atoms with Crippen LogP contribution < -0.4 is 10.5 Å². The second-order valence-corrected chi connectivity index (χ2v) is 5.24. The van der Waals surface area contributed by atoms with E-state index in [4.69, 9.17) is 10.5 Å². The summed E-state index contributed by atoms with van der Waals surface area (Å²) < 4.78 is 5.32. The van der Waals surface area contributed by atoms with Gasteiger partial charge in [0.1, 0.15) is 5.75 Å². The topological polar surface area (TPSA) is 89.6 Å². The molecule has 0 spiro atoms. The molecule has 0 saturated heterocycles. The van der Waals surface area contributed by atoms with Gasteiger partial charge in [0, 0.05) is 5.69 Å². The molecule has 0 amide bonds. The number of hydrogen-bond donors (Lipinski definition) is 2. The van der Waals surface area contributed by atoms with Gasteiger partial charge in [-0.2, -0.15) is 0 Å². The standard InChI is InChI=1S/C18H19NO4/c1-2-3-4-13-11-15(9-10-16(13)17(20)21)23-18(22)12-5-7-14(19)8-6-12/h5-11H,2-4,19H2,1H3,(H,20,21). The Bertz CT molecular complexity index is 707. The monoisotopic (exact) mass is 313 g/mol. The summed E-state index contributed by atoms with van der Waals surface area (Å²) in [5.41, 5.74) is 7.44. The summed E-state index contributed by atoms with van der Waals surface area (Å²) in [7, 11) is 0. The molecular weight excluding hydrogens is 294 g/mol. The maximum atomic E-state index is 12.1. The van der Waals surface area contributed by atoms with Crippen molar-refractivity contribution in [2.75, 3.05) is 5.73 Å². The highest BCUT2D eigenvalue weighted by Crippen LogP contribution is 2.21. The molecule has 5 heteroatoms. The fourth-order valence-corrected chi connectivity index (χ4v) is 2.20. The third-order valence-corrected chi connectivity index (χ3v) is 3.46. The predicted molar refractivity (Wildman–Crippen MR) is 87.8 cm³/mol. The zero-order valence-corrected chi connectivity index (χ0v) is 12.9. The number of hydrogen-bond acceptors (Lipinski definition) is 4. The number of aromatic carboxylic acids is 1. The number of carboxylic acids is 1. The quantitative estimate of drug-likeness (QED) is 0.484. The summed E-state index contributed by atoms with van der Waals surface area (Å²) >= 11 is 0. The fourth-order valence-electron chi connectivity index (χ4n) is 2.20. The van der Waals surface area contributed by atoms with Crippen LogP contribution in [0.25, 0.3) is 0 Å². The Hall–Kier alpha value is -2.82. The molecular formula is C18H19NO4. The van der Waals surface area contributed by atoms with Gasteiger partial charge in [-0.1, -0.05) is 13.3 Å². The summed E-state index contributed by atoms with van der Waals surface area (Å²) in [6, 6.07) is 11.0. The van der Waals surface area contributed by atoms with Crippen molar-refractivity contribution in [3.8, 4) is 5.75 Å². The first-order valence-corrected chi connectivity index (χ1v) is 7.45. The Morgan fingerprint density at radius 1 is 1.13 bits per heavy atom. The third-order valence-electron chi connectivity index (χ3n) is 3.46. The molecule has 0 aliphatic rings. The largest absolute Gasteiger partial charge is 0.478 e. The number of nitrogens with two attached hydrogens (primary N) is 1. The lowest BCUT2D eigenvalue weighted by molar-refractivity contribution is 0.0695.